The highest BCUT2D eigenvalue weighted by Crippen LogP contribution is 2.28. The van der Waals surface area contributed by atoms with E-state index in [0.29, 0.717) is 13.2 Å². The summed E-state index contributed by atoms with van der Waals surface area (Å²) in [6.07, 6.45) is 4.94. The van der Waals surface area contributed by atoms with Gasteiger partial charge in [-0.25, -0.2) is 0 Å². The maximum absolute atomic E-state index is 10.5. The number of aliphatic hydroxyl groups excluding tert-OH is 1. The van der Waals surface area contributed by atoms with Gasteiger partial charge in [0.2, 0.25) is 0 Å². The molecule has 20 heavy (non-hydrogen) atoms. The predicted molar refractivity (Wildman–Crippen MR) is 82.0 cm³/mol. The van der Waals surface area contributed by atoms with E-state index in [4.69, 9.17) is 4.74 Å². The molecule has 112 valence electrons. The monoisotopic (exact) mass is 277 g/mol. The van der Waals surface area contributed by atoms with Crippen molar-refractivity contribution in [1.29, 1.82) is 0 Å². The van der Waals surface area contributed by atoms with E-state index in [1.165, 1.54) is 25.7 Å². The molecule has 1 aliphatic carbocycles. The maximum atomic E-state index is 10.5. The number of rotatable bonds is 7. The van der Waals surface area contributed by atoms with Gasteiger partial charge in [0, 0.05) is 18.7 Å². The molecule has 0 aliphatic heterocycles. The lowest BCUT2D eigenvalue weighted by Gasteiger charge is -2.24. The van der Waals surface area contributed by atoms with Gasteiger partial charge in [0.05, 0.1) is 12.7 Å². The molecule has 1 aromatic carbocycles. The smallest absolute Gasteiger partial charge is 0.125 e. The number of aliphatic hydroxyl groups is 1. The van der Waals surface area contributed by atoms with E-state index in [9.17, 15) is 5.11 Å². The van der Waals surface area contributed by atoms with Gasteiger partial charge in [-0.05, 0) is 38.8 Å². The fraction of sp³-hybridized carbons (Fsp3) is 0.647. The van der Waals surface area contributed by atoms with E-state index in [0.717, 1.165) is 23.8 Å². The van der Waals surface area contributed by atoms with Crippen LogP contribution >= 0.6 is 0 Å². The van der Waals surface area contributed by atoms with Crippen LogP contribution in [0, 0.1) is 5.92 Å². The first-order chi connectivity index (χ1) is 9.70. The SMILES string of the molecule is CCOc1ccccc1C(O)CN(C)CC1CCCC1. The second-order valence-electron chi connectivity index (χ2n) is 5.86. The van der Waals surface area contributed by atoms with Crippen molar-refractivity contribution in [2.24, 2.45) is 5.92 Å². The number of likely N-dealkylation sites (N-methyl/N-ethyl adjacent to an activating group) is 1. The largest absolute Gasteiger partial charge is 0.493 e. The number of benzene rings is 1. The zero-order valence-corrected chi connectivity index (χ0v) is 12.7. The standard InChI is InChI=1S/C17H27NO2/c1-3-20-17-11-7-6-10-15(17)16(19)13-18(2)12-14-8-4-5-9-14/h6-7,10-11,14,16,19H,3-5,8-9,12-13H2,1-2H3. The number of hydrogen-bond acceptors (Lipinski definition) is 3. The topological polar surface area (TPSA) is 32.7 Å². The molecule has 1 atom stereocenters. The van der Waals surface area contributed by atoms with Crippen molar-refractivity contribution in [2.45, 2.75) is 38.7 Å². The molecule has 0 bridgehead atoms. The summed E-state index contributed by atoms with van der Waals surface area (Å²) in [5.74, 6) is 1.62. The third kappa shape index (κ3) is 4.22. The van der Waals surface area contributed by atoms with Crippen molar-refractivity contribution in [3.05, 3.63) is 29.8 Å². The quantitative estimate of drug-likeness (QED) is 0.830. The summed E-state index contributed by atoms with van der Waals surface area (Å²) in [6.45, 7) is 4.35. The fourth-order valence-electron chi connectivity index (χ4n) is 3.14. The zero-order chi connectivity index (χ0) is 14.4. The lowest BCUT2D eigenvalue weighted by Crippen LogP contribution is -2.29. The Morgan fingerprint density at radius 1 is 1.30 bits per heavy atom. The molecule has 0 aromatic heterocycles. The number of hydrogen-bond donors (Lipinski definition) is 1. The lowest BCUT2D eigenvalue weighted by molar-refractivity contribution is 0.115. The Bertz CT molecular complexity index is 402. The zero-order valence-electron chi connectivity index (χ0n) is 12.7. The van der Waals surface area contributed by atoms with Crippen molar-refractivity contribution in [1.82, 2.24) is 4.90 Å². The molecule has 0 saturated heterocycles. The molecule has 1 saturated carbocycles. The van der Waals surface area contributed by atoms with Crippen molar-refractivity contribution < 1.29 is 9.84 Å². The summed E-state index contributed by atoms with van der Waals surface area (Å²) in [5.41, 5.74) is 0.896. The van der Waals surface area contributed by atoms with Crippen LogP contribution in [-0.4, -0.2) is 36.8 Å². The van der Waals surface area contributed by atoms with E-state index in [1.807, 2.05) is 31.2 Å². The Morgan fingerprint density at radius 2 is 2.00 bits per heavy atom. The number of ether oxygens (including phenoxy) is 1. The van der Waals surface area contributed by atoms with Gasteiger partial charge in [-0.3, -0.25) is 0 Å². The Morgan fingerprint density at radius 3 is 2.70 bits per heavy atom. The van der Waals surface area contributed by atoms with Crippen molar-refractivity contribution in [3.63, 3.8) is 0 Å². The minimum absolute atomic E-state index is 0.482. The van der Waals surface area contributed by atoms with Gasteiger partial charge in [-0.2, -0.15) is 0 Å². The lowest BCUT2D eigenvalue weighted by atomic mass is 10.1. The van der Waals surface area contributed by atoms with Gasteiger partial charge in [0.25, 0.3) is 0 Å². The highest BCUT2D eigenvalue weighted by atomic mass is 16.5. The normalized spacial score (nSPS) is 17.6. The third-order valence-electron chi connectivity index (χ3n) is 4.11. The van der Waals surface area contributed by atoms with Crippen LogP contribution in [0.1, 0.15) is 44.3 Å². The molecule has 0 radical (unpaired) electrons. The average molecular weight is 277 g/mol. The molecule has 1 N–H and O–H groups in total. The minimum atomic E-state index is -0.482. The maximum Gasteiger partial charge on any atom is 0.125 e. The molecule has 2 rings (SSSR count). The van der Waals surface area contributed by atoms with E-state index < -0.39 is 6.10 Å². The molecule has 3 heteroatoms. The Hall–Kier alpha value is -1.06. The van der Waals surface area contributed by atoms with Crippen LogP contribution in [-0.2, 0) is 0 Å². The molecule has 0 heterocycles. The minimum Gasteiger partial charge on any atom is -0.493 e. The molecule has 3 nitrogen and oxygen atoms in total. The first kappa shape index (κ1) is 15.3. The van der Waals surface area contributed by atoms with Crippen LogP contribution in [0.5, 0.6) is 5.75 Å². The Labute approximate surface area is 122 Å². The molecule has 0 amide bonds. The molecular formula is C17H27NO2. The third-order valence-corrected chi connectivity index (χ3v) is 4.11. The summed E-state index contributed by atoms with van der Waals surface area (Å²) in [4.78, 5) is 2.25. The number of nitrogens with zero attached hydrogens (tertiary/aromatic N) is 1. The fourth-order valence-corrected chi connectivity index (χ4v) is 3.14. The molecule has 1 unspecified atom stereocenters. The van der Waals surface area contributed by atoms with Gasteiger partial charge in [0.1, 0.15) is 5.75 Å². The summed E-state index contributed by atoms with van der Waals surface area (Å²) >= 11 is 0. The second kappa shape index (κ2) is 7.65. The molecule has 1 aromatic rings. The number of para-hydroxylation sites is 1. The van der Waals surface area contributed by atoms with Crippen LogP contribution in [0.4, 0.5) is 0 Å². The highest BCUT2D eigenvalue weighted by molar-refractivity contribution is 5.35. The summed E-state index contributed by atoms with van der Waals surface area (Å²) < 4.78 is 5.59. The molecular weight excluding hydrogens is 250 g/mol. The predicted octanol–water partition coefficient (Wildman–Crippen LogP) is 3.24. The van der Waals surface area contributed by atoms with Gasteiger partial charge >= 0.3 is 0 Å². The van der Waals surface area contributed by atoms with Crippen molar-refractivity contribution in [2.75, 3.05) is 26.7 Å². The summed E-state index contributed by atoms with van der Waals surface area (Å²) in [5, 5.41) is 10.5. The van der Waals surface area contributed by atoms with Gasteiger partial charge in [-0.1, -0.05) is 31.0 Å². The van der Waals surface area contributed by atoms with E-state index >= 15 is 0 Å². The summed E-state index contributed by atoms with van der Waals surface area (Å²) in [7, 11) is 2.10. The van der Waals surface area contributed by atoms with Gasteiger partial charge < -0.3 is 14.7 Å². The van der Waals surface area contributed by atoms with Gasteiger partial charge in [-0.15, -0.1) is 0 Å². The Kier molecular flexibility index (Phi) is 5.86. The van der Waals surface area contributed by atoms with Crippen LogP contribution < -0.4 is 4.74 Å². The van der Waals surface area contributed by atoms with E-state index in [1.54, 1.807) is 0 Å². The van der Waals surface area contributed by atoms with E-state index in [-0.39, 0.29) is 0 Å². The Balaban J connectivity index is 1.91. The van der Waals surface area contributed by atoms with Crippen LogP contribution in [0.15, 0.2) is 24.3 Å². The van der Waals surface area contributed by atoms with E-state index in [2.05, 4.69) is 11.9 Å². The van der Waals surface area contributed by atoms with Crippen LogP contribution in [0.2, 0.25) is 0 Å². The summed E-state index contributed by atoms with van der Waals surface area (Å²) in [6, 6.07) is 7.79. The molecule has 1 fully saturated rings. The van der Waals surface area contributed by atoms with Crippen molar-refractivity contribution in [3.8, 4) is 5.75 Å². The first-order valence-corrected chi connectivity index (χ1v) is 7.79. The van der Waals surface area contributed by atoms with Crippen LogP contribution in [0.25, 0.3) is 0 Å². The molecule has 0 spiro atoms. The van der Waals surface area contributed by atoms with Gasteiger partial charge in [0.15, 0.2) is 0 Å². The van der Waals surface area contributed by atoms with Crippen molar-refractivity contribution >= 4 is 0 Å². The second-order valence-corrected chi connectivity index (χ2v) is 5.86. The molecule has 1 aliphatic rings. The first-order valence-electron chi connectivity index (χ1n) is 7.79. The average Bonchev–Trinajstić information content (AvgIpc) is 2.92. The van der Waals surface area contributed by atoms with Crippen LogP contribution in [0.3, 0.4) is 0 Å². The highest BCUT2D eigenvalue weighted by Gasteiger charge is 2.20.